The molecule has 3 amide bonds. The van der Waals surface area contributed by atoms with Gasteiger partial charge in [-0.25, -0.2) is 4.79 Å². The first-order valence-electron chi connectivity index (χ1n) is 9.53. The molecule has 1 aromatic carbocycles. The molecule has 0 spiro atoms. The molecule has 2 N–H and O–H groups in total. The smallest absolute Gasteiger partial charge is 0.322 e. The number of amides is 3. The van der Waals surface area contributed by atoms with Gasteiger partial charge in [-0.1, -0.05) is 18.2 Å². The largest absolute Gasteiger partial charge is 0.394 e. The van der Waals surface area contributed by atoms with Crippen LogP contribution in [-0.4, -0.2) is 58.2 Å². The van der Waals surface area contributed by atoms with Crippen molar-refractivity contribution in [3.05, 3.63) is 59.9 Å². The molecule has 7 nitrogen and oxygen atoms in total. The molecule has 2 aromatic rings. The molecule has 7 heteroatoms. The molecule has 0 aliphatic carbocycles. The summed E-state index contributed by atoms with van der Waals surface area (Å²) in [6.45, 7) is 4.11. The highest BCUT2D eigenvalue weighted by molar-refractivity contribution is 5.97. The van der Waals surface area contributed by atoms with Gasteiger partial charge in [-0.3, -0.25) is 14.7 Å². The van der Waals surface area contributed by atoms with Gasteiger partial charge in [-0.05, 0) is 37.6 Å². The second kappa shape index (κ2) is 7.24. The van der Waals surface area contributed by atoms with Crippen molar-refractivity contribution in [3.8, 4) is 0 Å². The Kier molecular flexibility index (Phi) is 4.77. The number of carbonyl (C=O) groups excluding carboxylic acids is 2. The number of anilines is 1. The summed E-state index contributed by atoms with van der Waals surface area (Å²) < 4.78 is 0. The van der Waals surface area contributed by atoms with Crippen LogP contribution in [0.2, 0.25) is 0 Å². The Morgan fingerprint density at radius 2 is 1.93 bits per heavy atom. The number of aliphatic hydroxyl groups excluding tert-OH is 1. The summed E-state index contributed by atoms with van der Waals surface area (Å²) in [5.41, 5.74) is 2.37. The topological polar surface area (TPSA) is 85.8 Å². The van der Waals surface area contributed by atoms with E-state index in [0.717, 1.165) is 11.3 Å². The second-order valence-corrected chi connectivity index (χ2v) is 7.56. The normalized spacial score (nSPS) is 22.9. The Morgan fingerprint density at radius 1 is 1.21 bits per heavy atom. The molecular weight excluding hydrogens is 356 g/mol. The number of para-hydroxylation sites is 1. The summed E-state index contributed by atoms with van der Waals surface area (Å²) in [5.74, 6) is -0.138. The first-order valence-corrected chi connectivity index (χ1v) is 9.53. The van der Waals surface area contributed by atoms with E-state index in [0.29, 0.717) is 12.1 Å². The lowest BCUT2D eigenvalue weighted by molar-refractivity contribution is -0.0242. The van der Waals surface area contributed by atoms with Crippen molar-refractivity contribution in [1.82, 2.24) is 15.2 Å². The van der Waals surface area contributed by atoms with Crippen molar-refractivity contribution in [1.29, 1.82) is 0 Å². The molecular formula is C21H24N4O3. The zero-order chi connectivity index (χ0) is 19.8. The summed E-state index contributed by atoms with van der Waals surface area (Å²) >= 11 is 0. The number of likely N-dealkylation sites (tertiary alicyclic amines) is 1. The van der Waals surface area contributed by atoms with Gasteiger partial charge in [0.05, 0.1) is 18.7 Å². The number of hydrogen-bond acceptors (Lipinski definition) is 4. The van der Waals surface area contributed by atoms with E-state index in [2.05, 4.69) is 10.3 Å². The maximum absolute atomic E-state index is 13.1. The van der Waals surface area contributed by atoms with Crippen LogP contribution in [0.1, 0.15) is 35.7 Å². The van der Waals surface area contributed by atoms with Crippen LogP contribution >= 0.6 is 0 Å². The molecule has 146 valence electrons. The number of aromatic nitrogens is 1. The molecule has 2 aliphatic rings. The van der Waals surface area contributed by atoms with E-state index in [-0.39, 0.29) is 42.6 Å². The molecule has 28 heavy (non-hydrogen) atoms. The number of nitrogens with zero attached hydrogens (tertiary/aromatic N) is 3. The third-order valence-electron chi connectivity index (χ3n) is 5.51. The molecule has 1 saturated heterocycles. The fourth-order valence-corrected chi connectivity index (χ4v) is 4.33. The van der Waals surface area contributed by atoms with E-state index in [9.17, 15) is 14.7 Å². The number of rotatable bonds is 3. The van der Waals surface area contributed by atoms with Crippen molar-refractivity contribution in [2.75, 3.05) is 18.1 Å². The van der Waals surface area contributed by atoms with Crippen LogP contribution in [0.5, 0.6) is 0 Å². The first kappa shape index (κ1) is 18.4. The summed E-state index contributed by atoms with van der Waals surface area (Å²) in [6, 6.07) is 10.4. The molecule has 1 aromatic heterocycles. The minimum atomic E-state index is -0.304. The second-order valence-electron chi connectivity index (χ2n) is 7.56. The number of pyridine rings is 1. The van der Waals surface area contributed by atoms with Crippen LogP contribution in [-0.2, 0) is 0 Å². The first-order chi connectivity index (χ1) is 13.5. The Balaban J connectivity index is 1.69. The van der Waals surface area contributed by atoms with Crippen LogP contribution < -0.4 is 10.2 Å². The third-order valence-corrected chi connectivity index (χ3v) is 5.51. The number of urea groups is 1. The summed E-state index contributed by atoms with van der Waals surface area (Å²) in [4.78, 5) is 33.3. The highest BCUT2D eigenvalue weighted by Crippen LogP contribution is 2.48. The number of aliphatic hydroxyl groups is 1. The fourth-order valence-electron chi connectivity index (χ4n) is 4.33. The molecule has 3 atom stereocenters. The Hall–Kier alpha value is -2.93. The van der Waals surface area contributed by atoms with E-state index in [1.54, 1.807) is 34.3 Å². The maximum atomic E-state index is 13.1. The lowest BCUT2D eigenvalue weighted by Gasteiger charge is -2.58. The number of carbonyl (C=O) groups is 2. The van der Waals surface area contributed by atoms with Crippen LogP contribution in [0, 0.1) is 0 Å². The Labute approximate surface area is 164 Å². The van der Waals surface area contributed by atoms with Gasteiger partial charge in [-0.2, -0.15) is 0 Å². The molecule has 0 unspecified atom stereocenters. The van der Waals surface area contributed by atoms with Crippen molar-refractivity contribution in [2.24, 2.45) is 0 Å². The van der Waals surface area contributed by atoms with E-state index >= 15 is 0 Å². The molecule has 0 radical (unpaired) electrons. The van der Waals surface area contributed by atoms with E-state index in [1.807, 2.05) is 38.1 Å². The molecule has 2 aliphatic heterocycles. The predicted molar refractivity (Wildman–Crippen MR) is 105 cm³/mol. The molecule has 0 saturated carbocycles. The maximum Gasteiger partial charge on any atom is 0.322 e. The van der Waals surface area contributed by atoms with Crippen LogP contribution in [0.3, 0.4) is 0 Å². The van der Waals surface area contributed by atoms with Gasteiger partial charge >= 0.3 is 6.03 Å². The number of benzene rings is 1. The summed E-state index contributed by atoms with van der Waals surface area (Å²) in [6.07, 6.45) is 3.16. The Morgan fingerprint density at radius 3 is 2.61 bits per heavy atom. The lowest BCUT2D eigenvalue weighted by Crippen LogP contribution is -2.71. The van der Waals surface area contributed by atoms with Gasteiger partial charge in [0.2, 0.25) is 0 Å². The van der Waals surface area contributed by atoms with E-state index in [4.69, 9.17) is 0 Å². The van der Waals surface area contributed by atoms with Crippen LogP contribution in [0.4, 0.5) is 10.5 Å². The molecule has 0 bridgehead atoms. The molecule has 4 rings (SSSR count). The van der Waals surface area contributed by atoms with Crippen LogP contribution in [0.15, 0.2) is 48.8 Å². The average Bonchev–Trinajstić information content (AvgIpc) is 2.68. The van der Waals surface area contributed by atoms with Gasteiger partial charge in [0.1, 0.15) is 0 Å². The van der Waals surface area contributed by atoms with Gasteiger partial charge in [0, 0.05) is 42.1 Å². The SMILES string of the molecule is CC(C)NC(=O)N1C[C@@H]2[C@H](c3ccccc31)[C@@H](CO)N2C(=O)c1ccncc1. The Bertz CT molecular complexity index is 886. The lowest BCUT2D eigenvalue weighted by atomic mass is 9.71. The molecule has 1 fully saturated rings. The van der Waals surface area contributed by atoms with Crippen LogP contribution in [0.25, 0.3) is 0 Å². The highest BCUT2D eigenvalue weighted by Gasteiger charge is 2.55. The highest BCUT2D eigenvalue weighted by atomic mass is 16.3. The van der Waals surface area contributed by atoms with E-state index < -0.39 is 0 Å². The quantitative estimate of drug-likeness (QED) is 0.853. The average molecular weight is 380 g/mol. The van der Waals surface area contributed by atoms with Crippen molar-refractivity contribution < 1.29 is 14.7 Å². The number of nitrogens with one attached hydrogen (secondary N) is 1. The van der Waals surface area contributed by atoms with Crippen molar-refractivity contribution in [3.63, 3.8) is 0 Å². The zero-order valence-corrected chi connectivity index (χ0v) is 15.9. The zero-order valence-electron chi connectivity index (χ0n) is 15.9. The van der Waals surface area contributed by atoms with Gasteiger partial charge in [-0.15, -0.1) is 0 Å². The van der Waals surface area contributed by atoms with Gasteiger partial charge in [0.15, 0.2) is 0 Å². The summed E-state index contributed by atoms with van der Waals surface area (Å²) in [5, 5.41) is 13.0. The fraction of sp³-hybridized carbons (Fsp3) is 0.381. The minimum Gasteiger partial charge on any atom is -0.394 e. The van der Waals surface area contributed by atoms with Gasteiger partial charge < -0.3 is 15.3 Å². The van der Waals surface area contributed by atoms with E-state index in [1.165, 1.54) is 0 Å². The summed E-state index contributed by atoms with van der Waals surface area (Å²) in [7, 11) is 0. The van der Waals surface area contributed by atoms with Crippen molar-refractivity contribution >= 4 is 17.6 Å². The molecule has 3 heterocycles. The van der Waals surface area contributed by atoms with Gasteiger partial charge in [0.25, 0.3) is 5.91 Å². The monoisotopic (exact) mass is 380 g/mol. The van der Waals surface area contributed by atoms with Crippen molar-refractivity contribution in [2.45, 2.75) is 37.9 Å². The minimum absolute atomic E-state index is 0.00934. The standard InChI is InChI=1S/C21H24N4O3/c1-13(2)23-21(28)24-11-17-19(15-5-3-4-6-16(15)24)18(12-26)25(17)20(27)14-7-9-22-10-8-14/h3-10,13,17-19,26H,11-12H2,1-2H3,(H,23,28)/t17-,18-,19+/m1/s1. The number of fused-ring (bicyclic) bond motifs is 3. The number of hydrogen-bond donors (Lipinski definition) is 2. The third kappa shape index (κ3) is 2.92. The predicted octanol–water partition coefficient (Wildman–Crippen LogP) is 1.99.